The lowest BCUT2D eigenvalue weighted by molar-refractivity contribution is -0.160. The Kier molecular flexibility index (Phi) is 7.60. The highest BCUT2D eigenvalue weighted by molar-refractivity contribution is 7.92. The maximum absolute atomic E-state index is 12.5. The third kappa shape index (κ3) is 7.29. The molecule has 1 atom stereocenters. The van der Waals surface area contributed by atoms with Gasteiger partial charge in [-0.1, -0.05) is 30.3 Å². The van der Waals surface area contributed by atoms with E-state index in [1.807, 2.05) is 51.1 Å². The van der Waals surface area contributed by atoms with Crippen LogP contribution in [0, 0.1) is 5.92 Å². The predicted octanol–water partition coefficient (Wildman–Crippen LogP) is 2.55. The SMILES string of the molecule is C[C@@H](OC(=O)C1CCN(S(=O)(=O)/C=C/c2ccccc2)CC1)C(=O)NC(C)(C)C. The van der Waals surface area contributed by atoms with Gasteiger partial charge in [0.15, 0.2) is 6.10 Å². The summed E-state index contributed by atoms with van der Waals surface area (Å²) in [5.41, 5.74) is 0.391. The van der Waals surface area contributed by atoms with Crippen LogP contribution in [0.2, 0.25) is 0 Å². The summed E-state index contributed by atoms with van der Waals surface area (Å²) in [6.45, 7) is 7.56. The van der Waals surface area contributed by atoms with Crippen LogP contribution in [0.1, 0.15) is 46.1 Å². The number of nitrogens with one attached hydrogen (secondary N) is 1. The molecule has 0 bridgehead atoms. The summed E-state index contributed by atoms with van der Waals surface area (Å²) in [5.74, 6) is -1.22. The Balaban J connectivity index is 1.87. The van der Waals surface area contributed by atoms with E-state index in [0.29, 0.717) is 12.8 Å². The highest BCUT2D eigenvalue weighted by atomic mass is 32.2. The van der Waals surface area contributed by atoms with Gasteiger partial charge in [-0.25, -0.2) is 8.42 Å². The summed E-state index contributed by atoms with van der Waals surface area (Å²) < 4.78 is 31.7. The van der Waals surface area contributed by atoms with Crippen molar-refractivity contribution in [2.75, 3.05) is 13.1 Å². The summed E-state index contributed by atoms with van der Waals surface area (Å²) >= 11 is 0. The van der Waals surface area contributed by atoms with Crippen LogP contribution < -0.4 is 5.32 Å². The third-order valence-corrected chi connectivity index (χ3v) is 6.10. The van der Waals surface area contributed by atoms with Crippen LogP contribution >= 0.6 is 0 Å². The molecule has 1 saturated heterocycles. The molecule has 29 heavy (non-hydrogen) atoms. The van der Waals surface area contributed by atoms with Crippen molar-refractivity contribution in [2.24, 2.45) is 5.92 Å². The maximum Gasteiger partial charge on any atom is 0.309 e. The van der Waals surface area contributed by atoms with Crippen LogP contribution in [-0.4, -0.2) is 49.3 Å². The molecule has 1 fully saturated rings. The first kappa shape index (κ1) is 23.1. The Morgan fingerprint density at radius 1 is 1.17 bits per heavy atom. The van der Waals surface area contributed by atoms with Crippen molar-refractivity contribution in [1.29, 1.82) is 0 Å². The molecule has 1 aliphatic rings. The Bertz CT molecular complexity index is 836. The maximum atomic E-state index is 12.5. The zero-order chi connectivity index (χ0) is 21.7. The number of nitrogens with zero attached hydrogens (tertiary/aromatic N) is 1. The van der Waals surface area contributed by atoms with Crippen molar-refractivity contribution in [3.8, 4) is 0 Å². The number of sulfonamides is 1. The molecule has 1 aromatic rings. The highest BCUT2D eigenvalue weighted by Crippen LogP contribution is 2.22. The number of amides is 1. The van der Waals surface area contributed by atoms with Gasteiger partial charge >= 0.3 is 5.97 Å². The molecule has 2 rings (SSSR count). The molecule has 1 aliphatic heterocycles. The molecule has 1 aromatic carbocycles. The molecule has 0 aromatic heterocycles. The first-order valence-electron chi connectivity index (χ1n) is 9.74. The average molecular weight is 423 g/mol. The molecular weight excluding hydrogens is 392 g/mol. The van der Waals surface area contributed by atoms with Crippen LogP contribution in [0.15, 0.2) is 35.7 Å². The standard InChI is InChI=1S/C21H30N2O5S/c1-16(19(24)22-21(2,3)4)28-20(25)18-10-13-23(14-11-18)29(26,27)15-12-17-8-6-5-7-9-17/h5-9,12,15-16,18H,10-11,13-14H2,1-4H3,(H,22,24)/b15-12+/t16-/m1/s1. The van der Waals surface area contributed by atoms with Gasteiger partial charge in [-0.2, -0.15) is 4.31 Å². The first-order chi connectivity index (χ1) is 13.5. The van der Waals surface area contributed by atoms with Crippen molar-refractivity contribution < 1.29 is 22.7 Å². The lowest BCUT2D eigenvalue weighted by atomic mass is 9.98. The number of benzene rings is 1. The smallest absolute Gasteiger partial charge is 0.309 e. The lowest BCUT2D eigenvalue weighted by Crippen LogP contribution is -2.47. The predicted molar refractivity (Wildman–Crippen MR) is 112 cm³/mol. The molecule has 0 spiro atoms. The van der Waals surface area contributed by atoms with Crippen molar-refractivity contribution in [3.63, 3.8) is 0 Å². The van der Waals surface area contributed by atoms with Gasteiger partial charge in [-0.3, -0.25) is 9.59 Å². The monoisotopic (exact) mass is 422 g/mol. The van der Waals surface area contributed by atoms with E-state index in [1.165, 1.54) is 16.6 Å². The van der Waals surface area contributed by atoms with Crippen LogP contribution in [0.25, 0.3) is 6.08 Å². The average Bonchev–Trinajstić information content (AvgIpc) is 2.66. The fraction of sp³-hybridized carbons (Fsp3) is 0.524. The minimum atomic E-state index is -3.55. The minimum Gasteiger partial charge on any atom is -0.452 e. The van der Waals surface area contributed by atoms with E-state index in [2.05, 4.69) is 5.32 Å². The number of esters is 1. The third-order valence-electron chi connectivity index (χ3n) is 4.54. The van der Waals surface area contributed by atoms with Crippen LogP contribution in [-0.2, 0) is 24.3 Å². The van der Waals surface area contributed by atoms with E-state index in [-0.39, 0.29) is 19.0 Å². The Morgan fingerprint density at radius 2 is 1.76 bits per heavy atom. The normalized spacial score (nSPS) is 17.8. The highest BCUT2D eigenvalue weighted by Gasteiger charge is 2.32. The summed E-state index contributed by atoms with van der Waals surface area (Å²) in [5, 5.41) is 3.96. The molecule has 0 unspecified atom stereocenters. The fourth-order valence-corrected chi connectivity index (χ4v) is 4.18. The zero-order valence-corrected chi connectivity index (χ0v) is 18.2. The van der Waals surface area contributed by atoms with Gasteiger partial charge in [-0.15, -0.1) is 0 Å². The Hall–Kier alpha value is -2.19. The van der Waals surface area contributed by atoms with Gasteiger partial charge in [0.2, 0.25) is 10.0 Å². The Labute approximate surface area is 173 Å². The number of hydrogen-bond acceptors (Lipinski definition) is 5. The Morgan fingerprint density at radius 3 is 2.31 bits per heavy atom. The number of carbonyl (C=O) groups excluding carboxylic acids is 2. The molecule has 0 saturated carbocycles. The molecular formula is C21H30N2O5S. The molecule has 1 amide bonds. The topological polar surface area (TPSA) is 92.8 Å². The van der Waals surface area contributed by atoms with Crippen molar-refractivity contribution in [1.82, 2.24) is 9.62 Å². The molecule has 1 heterocycles. The molecule has 8 heteroatoms. The summed E-state index contributed by atoms with van der Waals surface area (Å²) in [6.07, 6.45) is 1.40. The van der Waals surface area contributed by atoms with Crippen molar-refractivity contribution in [3.05, 3.63) is 41.3 Å². The summed E-state index contributed by atoms with van der Waals surface area (Å²) in [4.78, 5) is 24.4. The molecule has 7 nitrogen and oxygen atoms in total. The van der Waals surface area contributed by atoms with Gasteiger partial charge in [0, 0.05) is 24.0 Å². The van der Waals surface area contributed by atoms with E-state index in [1.54, 1.807) is 6.08 Å². The lowest BCUT2D eigenvalue weighted by Gasteiger charge is -2.30. The van der Waals surface area contributed by atoms with Gasteiger partial charge in [0.25, 0.3) is 5.91 Å². The fourth-order valence-electron chi connectivity index (χ4n) is 2.96. The van der Waals surface area contributed by atoms with Gasteiger partial charge in [0.1, 0.15) is 0 Å². The second-order valence-corrected chi connectivity index (χ2v) is 10.1. The number of carbonyl (C=O) groups is 2. The first-order valence-corrected chi connectivity index (χ1v) is 11.2. The van der Waals surface area contributed by atoms with Gasteiger partial charge in [-0.05, 0) is 52.2 Å². The quantitative estimate of drug-likeness (QED) is 0.711. The van der Waals surface area contributed by atoms with E-state index < -0.39 is 33.6 Å². The largest absolute Gasteiger partial charge is 0.452 e. The number of hydrogen-bond donors (Lipinski definition) is 1. The number of rotatable bonds is 6. The van der Waals surface area contributed by atoms with Crippen LogP contribution in [0.4, 0.5) is 0 Å². The van der Waals surface area contributed by atoms with E-state index >= 15 is 0 Å². The summed E-state index contributed by atoms with van der Waals surface area (Å²) in [6, 6.07) is 9.19. The van der Waals surface area contributed by atoms with Gasteiger partial charge < -0.3 is 10.1 Å². The van der Waals surface area contributed by atoms with Crippen LogP contribution in [0.3, 0.4) is 0 Å². The number of piperidine rings is 1. The second kappa shape index (κ2) is 9.54. The van der Waals surface area contributed by atoms with E-state index in [9.17, 15) is 18.0 Å². The molecule has 0 aliphatic carbocycles. The van der Waals surface area contributed by atoms with Crippen molar-refractivity contribution >= 4 is 28.0 Å². The molecule has 0 radical (unpaired) electrons. The molecule has 1 N–H and O–H groups in total. The van der Waals surface area contributed by atoms with Crippen LogP contribution in [0.5, 0.6) is 0 Å². The van der Waals surface area contributed by atoms with E-state index in [4.69, 9.17) is 4.74 Å². The second-order valence-electron chi connectivity index (χ2n) is 8.25. The molecule has 160 valence electrons. The number of ether oxygens (including phenoxy) is 1. The van der Waals surface area contributed by atoms with Gasteiger partial charge in [0.05, 0.1) is 5.92 Å². The van der Waals surface area contributed by atoms with Crippen molar-refractivity contribution in [2.45, 2.75) is 52.2 Å². The minimum absolute atomic E-state index is 0.240. The summed E-state index contributed by atoms with van der Waals surface area (Å²) in [7, 11) is -3.55. The van der Waals surface area contributed by atoms with E-state index in [0.717, 1.165) is 5.56 Å². The zero-order valence-electron chi connectivity index (χ0n) is 17.4.